The third kappa shape index (κ3) is 2.41. The zero-order valence-electron chi connectivity index (χ0n) is 11.8. The average Bonchev–Trinajstić information content (AvgIpc) is 2.38. The van der Waals surface area contributed by atoms with Crippen LogP contribution in [0, 0.1) is 13.8 Å². The van der Waals surface area contributed by atoms with E-state index in [1.54, 1.807) is 10.4 Å². The molecule has 0 saturated carbocycles. The Morgan fingerprint density at radius 3 is 1.61 bits per heavy atom. The second-order valence-corrected chi connectivity index (χ2v) is 9.95. The molecular formula is C17H22Si. The van der Waals surface area contributed by atoms with E-state index in [0.717, 1.165) is 0 Å². The topological polar surface area (TPSA) is 0 Å². The second-order valence-electron chi connectivity index (χ2n) is 5.42. The van der Waals surface area contributed by atoms with Crippen molar-refractivity contribution in [3.63, 3.8) is 0 Å². The Labute approximate surface area is 112 Å². The molecular weight excluding hydrogens is 232 g/mol. The van der Waals surface area contributed by atoms with Crippen LogP contribution in [0.5, 0.6) is 0 Å². The van der Waals surface area contributed by atoms with Gasteiger partial charge in [0.1, 0.15) is 8.07 Å². The van der Waals surface area contributed by atoms with E-state index >= 15 is 0 Å². The SMILES string of the molecule is CC[Si](C)(c1cccc(C)c1)c1cccc(C)c1. The standard InChI is InChI=1S/C17H22Si/c1-5-18(4,16-10-6-8-14(2)12-16)17-11-7-9-15(3)13-17/h6-13H,5H2,1-4H3. The van der Waals surface area contributed by atoms with Gasteiger partial charge in [0.05, 0.1) is 0 Å². The van der Waals surface area contributed by atoms with Gasteiger partial charge in [-0.25, -0.2) is 0 Å². The summed E-state index contributed by atoms with van der Waals surface area (Å²) in [6, 6.07) is 19.4. The van der Waals surface area contributed by atoms with Crippen molar-refractivity contribution < 1.29 is 0 Å². The highest BCUT2D eigenvalue weighted by Crippen LogP contribution is 2.12. The maximum absolute atomic E-state index is 2.48. The van der Waals surface area contributed by atoms with Crippen molar-refractivity contribution in [1.29, 1.82) is 0 Å². The lowest BCUT2D eigenvalue weighted by atomic mass is 10.2. The molecule has 2 rings (SSSR count). The first-order valence-corrected chi connectivity index (χ1v) is 9.41. The Bertz CT molecular complexity index is 497. The molecule has 0 aliphatic heterocycles. The average molecular weight is 254 g/mol. The van der Waals surface area contributed by atoms with Crippen molar-refractivity contribution in [1.82, 2.24) is 0 Å². The molecule has 2 aromatic carbocycles. The summed E-state index contributed by atoms with van der Waals surface area (Å²) in [5.41, 5.74) is 2.74. The molecule has 0 spiro atoms. The van der Waals surface area contributed by atoms with Crippen molar-refractivity contribution in [3.8, 4) is 0 Å². The van der Waals surface area contributed by atoms with E-state index in [2.05, 4.69) is 75.8 Å². The molecule has 2 aromatic rings. The van der Waals surface area contributed by atoms with Crippen LogP contribution in [0.3, 0.4) is 0 Å². The zero-order chi connectivity index (χ0) is 13.2. The van der Waals surface area contributed by atoms with E-state index in [4.69, 9.17) is 0 Å². The summed E-state index contributed by atoms with van der Waals surface area (Å²) in [4.78, 5) is 0. The summed E-state index contributed by atoms with van der Waals surface area (Å²) in [5, 5.41) is 3.10. The monoisotopic (exact) mass is 254 g/mol. The third-order valence-electron chi connectivity index (χ3n) is 4.02. The highest BCUT2D eigenvalue weighted by molar-refractivity contribution is 7.01. The fourth-order valence-corrected chi connectivity index (χ4v) is 5.72. The van der Waals surface area contributed by atoms with Crippen LogP contribution in [0.25, 0.3) is 0 Å². The first-order valence-electron chi connectivity index (χ1n) is 6.70. The third-order valence-corrected chi connectivity index (χ3v) is 8.60. The predicted octanol–water partition coefficient (Wildman–Crippen LogP) is 3.52. The van der Waals surface area contributed by atoms with Crippen LogP contribution in [0.15, 0.2) is 48.5 Å². The molecule has 0 saturated heterocycles. The fraction of sp³-hybridized carbons (Fsp3) is 0.294. The highest BCUT2D eigenvalue weighted by atomic mass is 28.3. The molecule has 18 heavy (non-hydrogen) atoms. The van der Waals surface area contributed by atoms with Crippen LogP contribution in [0.1, 0.15) is 18.1 Å². The van der Waals surface area contributed by atoms with Crippen molar-refractivity contribution in [2.24, 2.45) is 0 Å². The summed E-state index contributed by atoms with van der Waals surface area (Å²) in [6.45, 7) is 9.18. The summed E-state index contributed by atoms with van der Waals surface area (Å²) < 4.78 is 0. The van der Waals surface area contributed by atoms with Gasteiger partial charge in [-0.15, -0.1) is 0 Å². The van der Waals surface area contributed by atoms with Gasteiger partial charge in [-0.3, -0.25) is 0 Å². The summed E-state index contributed by atoms with van der Waals surface area (Å²) >= 11 is 0. The van der Waals surface area contributed by atoms with Crippen molar-refractivity contribution in [2.45, 2.75) is 33.4 Å². The largest absolute Gasteiger partial charge is 0.114 e. The van der Waals surface area contributed by atoms with Crippen LogP contribution in [0.2, 0.25) is 12.6 Å². The lowest BCUT2D eigenvalue weighted by Crippen LogP contribution is -2.55. The van der Waals surface area contributed by atoms with E-state index in [1.165, 1.54) is 17.2 Å². The van der Waals surface area contributed by atoms with Crippen molar-refractivity contribution in [2.75, 3.05) is 0 Å². The minimum absolute atomic E-state index is 1.25. The van der Waals surface area contributed by atoms with E-state index in [1.807, 2.05) is 0 Å². The summed E-state index contributed by atoms with van der Waals surface area (Å²) in [5.74, 6) is 0. The number of aryl methyl sites for hydroxylation is 2. The molecule has 0 aliphatic carbocycles. The van der Waals surface area contributed by atoms with Gasteiger partial charge in [0.25, 0.3) is 0 Å². The zero-order valence-corrected chi connectivity index (χ0v) is 12.8. The first kappa shape index (κ1) is 13.1. The number of hydrogen-bond acceptors (Lipinski definition) is 0. The molecule has 0 N–H and O–H groups in total. The Morgan fingerprint density at radius 2 is 1.28 bits per heavy atom. The Kier molecular flexibility index (Phi) is 3.72. The molecule has 0 unspecified atom stereocenters. The van der Waals surface area contributed by atoms with Gasteiger partial charge in [0.2, 0.25) is 0 Å². The van der Waals surface area contributed by atoms with Crippen LogP contribution < -0.4 is 10.4 Å². The molecule has 0 atom stereocenters. The minimum atomic E-state index is -1.54. The summed E-state index contributed by atoms with van der Waals surface area (Å²) in [6.07, 6.45) is 0. The Morgan fingerprint density at radius 1 is 0.833 bits per heavy atom. The maximum atomic E-state index is 2.48. The van der Waals surface area contributed by atoms with Gasteiger partial charge < -0.3 is 0 Å². The van der Waals surface area contributed by atoms with Crippen LogP contribution >= 0.6 is 0 Å². The molecule has 1 heteroatoms. The first-order chi connectivity index (χ1) is 8.56. The molecule has 0 amide bonds. The fourth-order valence-electron chi connectivity index (χ4n) is 2.55. The van der Waals surface area contributed by atoms with Gasteiger partial charge >= 0.3 is 0 Å². The van der Waals surface area contributed by atoms with Crippen LogP contribution in [-0.4, -0.2) is 8.07 Å². The number of benzene rings is 2. The van der Waals surface area contributed by atoms with Crippen molar-refractivity contribution >= 4 is 18.4 Å². The van der Waals surface area contributed by atoms with Crippen LogP contribution in [-0.2, 0) is 0 Å². The second kappa shape index (κ2) is 5.11. The van der Waals surface area contributed by atoms with E-state index in [0.29, 0.717) is 0 Å². The van der Waals surface area contributed by atoms with E-state index in [-0.39, 0.29) is 0 Å². The van der Waals surface area contributed by atoms with Gasteiger partial charge in [0, 0.05) is 0 Å². The molecule has 0 fully saturated rings. The lowest BCUT2D eigenvalue weighted by molar-refractivity contribution is 1.37. The molecule has 94 valence electrons. The molecule has 0 aliphatic rings. The maximum Gasteiger partial charge on any atom is 0.114 e. The Balaban J connectivity index is 2.54. The van der Waals surface area contributed by atoms with E-state index in [9.17, 15) is 0 Å². The predicted molar refractivity (Wildman–Crippen MR) is 83.7 cm³/mol. The van der Waals surface area contributed by atoms with E-state index < -0.39 is 8.07 Å². The van der Waals surface area contributed by atoms with Gasteiger partial charge in [0.15, 0.2) is 0 Å². The normalized spacial score (nSPS) is 11.6. The van der Waals surface area contributed by atoms with Crippen molar-refractivity contribution in [3.05, 3.63) is 59.7 Å². The number of hydrogen-bond donors (Lipinski definition) is 0. The molecule has 0 heterocycles. The molecule has 0 radical (unpaired) electrons. The number of rotatable bonds is 3. The van der Waals surface area contributed by atoms with Gasteiger partial charge in [-0.2, -0.15) is 0 Å². The molecule has 0 bridgehead atoms. The van der Waals surface area contributed by atoms with Gasteiger partial charge in [-0.1, -0.05) is 89.5 Å². The van der Waals surface area contributed by atoms with Gasteiger partial charge in [-0.05, 0) is 13.8 Å². The Hall–Kier alpha value is -1.34. The summed E-state index contributed by atoms with van der Waals surface area (Å²) in [7, 11) is -1.54. The highest BCUT2D eigenvalue weighted by Gasteiger charge is 2.29. The molecule has 0 nitrogen and oxygen atoms in total. The smallest absolute Gasteiger partial charge is 0.0672 e. The lowest BCUT2D eigenvalue weighted by Gasteiger charge is -2.28. The quantitative estimate of drug-likeness (QED) is 0.735. The van der Waals surface area contributed by atoms with Crippen LogP contribution in [0.4, 0.5) is 0 Å². The molecule has 0 aromatic heterocycles. The minimum Gasteiger partial charge on any atom is -0.0672 e.